The average Bonchev–Trinajstić information content (AvgIpc) is 2.02. The zero-order valence-electron chi connectivity index (χ0n) is 8.86. The van der Waals surface area contributed by atoms with Gasteiger partial charge in [-0.15, -0.1) is 0 Å². The van der Waals surface area contributed by atoms with Crippen molar-refractivity contribution in [1.82, 2.24) is 9.80 Å². The van der Waals surface area contributed by atoms with Crippen LogP contribution in [0.1, 0.15) is 13.3 Å². The molecule has 0 N–H and O–H groups in total. The molecular formula is C10H20N2O. The van der Waals surface area contributed by atoms with Crippen LogP contribution >= 0.6 is 0 Å². The van der Waals surface area contributed by atoms with Gasteiger partial charge in [0.25, 0.3) is 0 Å². The van der Waals surface area contributed by atoms with Crippen molar-refractivity contribution >= 4 is 0 Å². The number of rotatable bonds is 1. The molecule has 2 heterocycles. The van der Waals surface area contributed by atoms with Crippen molar-refractivity contribution in [3.05, 3.63) is 0 Å². The lowest BCUT2D eigenvalue weighted by atomic mass is 10.00. The van der Waals surface area contributed by atoms with Crippen LogP contribution in [0.3, 0.4) is 0 Å². The van der Waals surface area contributed by atoms with Gasteiger partial charge in [-0.2, -0.15) is 0 Å². The molecule has 2 rings (SSSR count). The molecule has 0 aliphatic carbocycles. The summed E-state index contributed by atoms with van der Waals surface area (Å²) in [4.78, 5) is 4.86. The lowest BCUT2D eigenvalue weighted by molar-refractivity contribution is -0.156. The first-order valence-corrected chi connectivity index (χ1v) is 5.25. The molecule has 2 fully saturated rings. The summed E-state index contributed by atoms with van der Waals surface area (Å²) >= 11 is 0. The predicted octanol–water partition coefficient (Wildman–Crippen LogP) is 0.410. The number of fused-ring (bicyclic) bond motifs is 2. The molecule has 2 aliphatic rings. The van der Waals surface area contributed by atoms with Crippen LogP contribution in [-0.2, 0) is 4.74 Å². The van der Waals surface area contributed by atoms with E-state index in [0.29, 0.717) is 18.2 Å². The summed E-state index contributed by atoms with van der Waals surface area (Å²) in [5.41, 5.74) is 0. The van der Waals surface area contributed by atoms with Crippen LogP contribution < -0.4 is 0 Å². The van der Waals surface area contributed by atoms with Gasteiger partial charge in [0.1, 0.15) is 0 Å². The lowest BCUT2D eigenvalue weighted by Crippen LogP contribution is -2.62. The Labute approximate surface area is 80.6 Å². The molecule has 13 heavy (non-hydrogen) atoms. The Hall–Kier alpha value is -0.120. The SMILES string of the molecule is CC[C@H]1[C@H]2CN(C)C[C@@H](CN1C)O2. The highest BCUT2D eigenvalue weighted by molar-refractivity contribution is 4.91. The van der Waals surface area contributed by atoms with Crippen LogP contribution in [0.5, 0.6) is 0 Å². The van der Waals surface area contributed by atoms with E-state index in [9.17, 15) is 0 Å². The highest BCUT2D eigenvalue weighted by Gasteiger charge is 2.38. The van der Waals surface area contributed by atoms with Crippen molar-refractivity contribution in [3.8, 4) is 0 Å². The minimum atomic E-state index is 0.437. The van der Waals surface area contributed by atoms with E-state index < -0.39 is 0 Å². The van der Waals surface area contributed by atoms with Crippen molar-refractivity contribution in [2.45, 2.75) is 31.6 Å². The summed E-state index contributed by atoms with van der Waals surface area (Å²) in [5, 5.41) is 0. The maximum absolute atomic E-state index is 5.98. The molecule has 0 amide bonds. The monoisotopic (exact) mass is 184 g/mol. The fourth-order valence-corrected chi connectivity index (χ4v) is 2.69. The molecule has 0 aromatic carbocycles. The van der Waals surface area contributed by atoms with Gasteiger partial charge in [0.05, 0.1) is 12.2 Å². The summed E-state index contributed by atoms with van der Waals surface area (Å²) in [7, 11) is 4.42. The van der Waals surface area contributed by atoms with Crippen LogP contribution in [0.4, 0.5) is 0 Å². The highest BCUT2D eigenvalue weighted by Crippen LogP contribution is 2.23. The Morgan fingerprint density at radius 2 is 2.00 bits per heavy atom. The second kappa shape index (κ2) is 3.56. The Morgan fingerprint density at radius 3 is 2.69 bits per heavy atom. The van der Waals surface area contributed by atoms with Crippen LogP contribution in [0, 0.1) is 0 Å². The predicted molar refractivity (Wildman–Crippen MR) is 52.9 cm³/mol. The summed E-state index contributed by atoms with van der Waals surface area (Å²) in [6.07, 6.45) is 2.07. The first kappa shape index (κ1) is 9.44. The van der Waals surface area contributed by atoms with Gasteiger partial charge in [0.2, 0.25) is 0 Å². The van der Waals surface area contributed by atoms with Crippen molar-refractivity contribution in [3.63, 3.8) is 0 Å². The van der Waals surface area contributed by atoms with E-state index in [1.54, 1.807) is 0 Å². The molecule has 0 radical (unpaired) electrons. The molecule has 0 aromatic heterocycles. The Bertz CT molecular complexity index is 182. The fraction of sp³-hybridized carbons (Fsp3) is 1.00. The van der Waals surface area contributed by atoms with Gasteiger partial charge in [-0.3, -0.25) is 4.90 Å². The lowest BCUT2D eigenvalue weighted by Gasteiger charge is -2.48. The highest BCUT2D eigenvalue weighted by atomic mass is 16.5. The van der Waals surface area contributed by atoms with Gasteiger partial charge < -0.3 is 9.64 Å². The third-order valence-corrected chi connectivity index (χ3v) is 3.28. The van der Waals surface area contributed by atoms with Gasteiger partial charge in [-0.05, 0) is 20.5 Å². The van der Waals surface area contributed by atoms with Crippen LogP contribution in [-0.4, -0.2) is 61.8 Å². The quantitative estimate of drug-likeness (QED) is 0.587. The van der Waals surface area contributed by atoms with Crippen molar-refractivity contribution in [1.29, 1.82) is 0 Å². The number of ether oxygens (including phenoxy) is 1. The Balaban J connectivity index is 2.07. The van der Waals surface area contributed by atoms with Gasteiger partial charge in [0.15, 0.2) is 0 Å². The summed E-state index contributed by atoms with van der Waals surface area (Å²) < 4.78 is 5.98. The third-order valence-electron chi connectivity index (χ3n) is 3.28. The maximum Gasteiger partial charge on any atom is 0.0861 e. The van der Waals surface area contributed by atoms with E-state index in [1.165, 1.54) is 6.42 Å². The molecule has 0 unspecified atom stereocenters. The molecule has 2 saturated heterocycles. The molecule has 0 spiro atoms. The molecule has 0 aromatic rings. The van der Waals surface area contributed by atoms with E-state index in [4.69, 9.17) is 4.74 Å². The van der Waals surface area contributed by atoms with E-state index in [1.807, 2.05) is 0 Å². The van der Waals surface area contributed by atoms with Gasteiger partial charge in [0, 0.05) is 25.7 Å². The topological polar surface area (TPSA) is 15.7 Å². The number of morpholine rings is 2. The summed E-state index contributed by atoms with van der Waals surface area (Å²) in [6.45, 7) is 5.54. The van der Waals surface area contributed by atoms with Gasteiger partial charge >= 0.3 is 0 Å². The third kappa shape index (κ3) is 1.73. The van der Waals surface area contributed by atoms with Crippen LogP contribution in [0.15, 0.2) is 0 Å². The van der Waals surface area contributed by atoms with E-state index in [0.717, 1.165) is 19.6 Å². The fourth-order valence-electron chi connectivity index (χ4n) is 2.69. The van der Waals surface area contributed by atoms with E-state index >= 15 is 0 Å². The molecule has 2 bridgehead atoms. The minimum absolute atomic E-state index is 0.437. The molecule has 76 valence electrons. The second-order valence-corrected chi connectivity index (χ2v) is 4.43. The van der Waals surface area contributed by atoms with Crippen LogP contribution in [0.2, 0.25) is 0 Å². The molecule has 3 atom stereocenters. The number of nitrogens with zero attached hydrogens (tertiary/aromatic N) is 2. The largest absolute Gasteiger partial charge is 0.369 e. The number of hydrogen-bond acceptors (Lipinski definition) is 3. The molecule has 3 heteroatoms. The summed E-state index contributed by atoms with van der Waals surface area (Å²) in [5.74, 6) is 0. The first-order valence-electron chi connectivity index (χ1n) is 5.25. The first-order chi connectivity index (χ1) is 6.20. The number of likely N-dealkylation sites (N-methyl/N-ethyl adjacent to an activating group) is 2. The van der Waals surface area contributed by atoms with Crippen molar-refractivity contribution in [2.24, 2.45) is 0 Å². The zero-order valence-corrected chi connectivity index (χ0v) is 8.86. The zero-order chi connectivity index (χ0) is 9.42. The minimum Gasteiger partial charge on any atom is -0.369 e. The molecule has 3 nitrogen and oxygen atoms in total. The van der Waals surface area contributed by atoms with Gasteiger partial charge in [-0.25, -0.2) is 0 Å². The standard InChI is InChI=1S/C10H20N2O/c1-4-9-10-7-11(2)5-8(13-10)6-12(9)3/h8-10H,4-7H2,1-3H3/t8-,9-,10+/m0/s1. The number of hydrogen-bond donors (Lipinski definition) is 0. The normalized spacial score (nSPS) is 42.2. The van der Waals surface area contributed by atoms with Crippen molar-refractivity contribution in [2.75, 3.05) is 33.7 Å². The molecule has 2 aliphatic heterocycles. The van der Waals surface area contributed by atoms with Crippen LogP contribution in [0.25, 0.3) is 0 Å². The maximum atomic E-state index is 5.98. The van der Waals surface area contributed by atoms with Gasteiger partial charge in [-0.1, -0.05) is 6.92 Å². The average molecular weight is 184 g/mol. The van der Waals surface area contributed by atoms with E-state index in [-0.39, 0.29) is 0 Å². The van der Waals surface area contributed by atoms with E-state index in [2.05, 4.69) is 30.8 Å². The summed E-state index contributed by atoms with van der Waals surface area (Å²) in [6, 6.07) is 0.624. The van der Waals surface area contributed by atoms with Crippen molar-refractivity contribution < 1.29 is 4.74 Å². The molecule has 0 saturated carbocycles. The Kier molecular flexibility index (Phi) is 2.58. The smallest absolute Gasteiger partial charge is 0.0861 e. The Morgan fingerprint density at radius 1 is 1.23 bits per heavy atom. The second-order valence-electron chi connectivity index (χ2n) is 4.43. The molecular weight excluding hydrogens is 164 g/mol.